The summed E-state index contributed by atoms with van der Waals surface area (Å²) in [4.78, 5) is 7.09. The number of hydrogen-bond donors (Lipinski definition) is 0. The summed E-state index contributed by atoms with van der Waals surface area (Å²) in [6.45, 7) is 11.9. The molecule has 0 spiro atoms. The second-order valence-corrected chi connectivity index (χ2v) is 10.2. The minimum Gasteiger partial charge on any atom is -0.415 e. The Morgan fingerprint density at radius 2 is 2.11 bits per heavy atom. The molecule has 0 saturated heterocycles. The highest BCUT2D eigenvalue weighted by molar-refractivity contribution is 7.98. The van der Waals surface area contributed by atoms with E-state index in [2.05, 4.69) is 49.5 Å². The molecule has 0 aliphatic heterocycles. The molecule has 2 aromatic rings. The van der Waals surface area contributed by atoms with Crippen LogP contribution in [0.1, 0.15) is 31.3 Å². The first-order chi connectivity index (χ1) is 8.84. The first-order valence-electron chi connectivity index (χ1n) is 6.49. The quantitative estimate of drug-likeness (QED) is 0.632. The molecule has 0 aliphatic carbocycles. The van der Waals surface area contributed by atoms with Crippen LogP contribution >= 0.6 is 23.1 Å². The molecule has 2 aromatic heterocycles. The molecular formula is C13H22N2OS2Si. The van der Waals surface area contributed by atoms with E-state index in [0.717, 1.165) is 11.6 Å². The standard InChI is InChI=1S/C13H22N2OS2Si/c1-13(2,3)10-9(7-16-19(5)6)18-12-11(17-4)14-8-15(10)12/h8,19H,7H2,1-6H3. The van der Waals surface area contributed by atoms with Gasteiger partial charge in [-0.1, -0.05) is 20.8 Å². The lowest BCUT2D eigenvalue weighted by Gasteiger charge is -2.20. The van der Waals surface area contributed by atoms with Crippen LogP contribution in [0, 0.1) is 0 Å². The van der Waals surface area contributed by atoms with Crippen molar-refractivity contribution in [1.82, 2.24) is 9.38 Å². The summed E-state index contributed by atoms with van der Waals surface area (Å²) in [6.07, 6.45) is 4.03. The Hall–Kier alpha value is -0.303. The van der Waals surface area contributed by atoms with Crippen molar-refractivity contribution < 1.29 is 4.43 Å². The molecule has 2 rings (SSSR count). The van der Waals surface area contributed by atoms with Crippen LogP contribution in [0.25, 0.3) is 4.83 Å². The molecule has 0 radical (unpaired) electrons. The monoisotopic (exact) mass is 314 g/mol. The molecule has 0 unspecified atom stereocenters. The van der Waals surface area contributed by atoms with Crippen molar-refractivity contribution in [2.45, 2.75) is 50.9 Å². The van der Waals surface area contributed by atoms with Gasteiger partial charge in [0.05, 0.1) is 11.5 Å². The van der Waals surface area contributed by atoms with Crippen LogP contribution in [0.2, 0.25) is 13.1 Å². The maximum Gasteiger partial charge on any atom is 0.171 e. The van der Waals surface area contributed by atoms with E-state index < -0.39 is 9.04 Å². The molecule has 0 aliphatic rings. The number of nitrogens with zero attached hydrogens (tertiary/aromatic N) is 2. The fourth-order valence-corrected chi connectivity index (χ4v) is 4.79. The first-order valence-corrected chi connectivity index (χ1v) is 11.3. The highest BCUT2D eigenvalue weighted by atomic mass is 32.2. The zero-order valence-electron chi connectivity index (χ0n) is 12.5. The summed E-state index contributed by atoms with van der Waals surface area (Å²) in [5.74, 6) is 0. The minimum absolute atomic E-state index is 0.103. The molecular weight excluding hydrogens is 292 g/mol. The number of rotatable bonds is 4. The Bertz CT molecular complexity index is 569. The summed E-state index contributed by atoms with van der Waals surface area (Å²) in [5, 5.41) is 1.11. The average molecular weight is 315 g/mol. The normalized spacial score (nSPS) is 12.8. The van der Waals surface area contributed by atoms with Gasteiger partial charge in [0, 0.05) is 11.1 Å². The van der Waals surface area contributed by atoms with E-state index in [9.17, 15) is 0 Å². The Morgan fingerprint density at radius 3 is 2.63 bits per heavy atom. The van der Waals surface area contributed by atoms with Crippen molar-refractivity contribution in [2.24, 2.45) is 0 Å². The van der Waals surface area contributed by atoms with Gasteiger partial charge in [0.15, 0.2) is 9.04 Å². The van der Waals surface area contributed by atoms with Gasteiger partial charge in [-0.2, -0.15) is 0 Å². The van der Waals surface area contributed by atoms with Crippen LogP contribution in [0.5, 0.6) is 0 Å². The summed E-state index contributed by atoms with van der Waals surface area (Å²) in [6, 6.07) is 0. The zero-order chi connectivity index (χ0) is 14.2. The number of fused-ring (bicyclic) bond motifs is 1. The van der Waals surface area contributed by atoms with Crippen molar-refractivity contribution in [3.8, 4) is 0 Å². The highest BCUT2D eigenvalue weighted by Crippen LogP contribution is 2.36. The molecule has 0 aromatic carbocycles. The van der Waals surface area contributed by atoms with Crippen molar-refractivity contribution >= 4 is 37.0 Å². The smallest absolute Gasteiger partial charge is 0.171 e. The molecule has 2 heterocycles. The molecule has 0 fully saturated rings. The second-order valence-electron chi connectivity index (χ2n) is 5.91. The molecule has 0 N–H and O–H groups in total. The molecule has 0 saturated carbocycles. The van der Waals surface area contributed by atoms with Crippen LogP contribution in [0.3, 0.4) is 0 Å². The predicted molar refractivity (Wildman–Crippen MR) is 87.2 cm³/mol. The Morgan fingerprint density at radius 1 is 1.42 bits per heavy atom. The molecule has 19 heavy (non-hydrogen) atoms. The van der Waals surface area contributed by atoms with Gasteiger partial charge in [0.2, 0.25) is 0 Å². The number of thioether (sulfide) groups is 1. The highest BCUT2D eigenvalue weighted by Gasteiger charge is 2.25. The number of aromatic nitrogens is 2. The fraction of sp³-hybridized carbons (Fsp3) is 0.615. The SMILES string of the molecule is CSc1ncn2c(C(C)(C)C)c(CO[SiH](C)C)sc12. The topological polar surface area (TPSA) is 26.5 Å². The summed E-state index contributed by atoms with van der Waals surface area (Å²) >= 11 is 3.54. The van der Waals surface area contributed by atoms with Crippen LogP contribution in [-0.4, -0.2) is 24.7 Å². The Balaban J connectivity index is 2.52. The van der Waals surface area contributed by atoms with E-state index in [-0.39, 0.29) is 5.41 Å². The van der Waals surface area contributed by atoms with Crippen molar-refractivity contribution in [3.05, 3.63) is 16.9 Å². The van der Waals surface area contributed by atoms with Crippen LogP contribution in [-0.2, 0) is 16.4 Å². The van der Waals surface area contributed by atoms with E-state index in [1.54, 1.807) is 11.8 Å². The Labute approximate surface area is 125 Å². The van der Waals surface area contributed by atoms with Gasteiger partial charge in [-0.15, -0.1) is 23.1 Å². The van der Waals surface area contributed by atoms with Gasteiger partial charge in [0.25, 0.3) is 0 Å². The van der Waals surface area contributed by atoms with Gasteiger partial charge in [-0.25, -0.2) is 4.98 Å². The van der Waals surface area contributed by atoms with Gasteiger partial charge in [-0.05, 0) is 19.3 Å². The average Bonchev–Trinajstić information content (AvgIpc) is 2.81. The van der Waals surface area contributed by atoms with Crippen molar-refractivity contribution in [2.75, 3.05) is 6.26 Å². The molecule has 106 valence electrons. The van der Waals surface area contributed by atoms with Crippen molar-refractivity contribution in [3.63, 3.8) is 0 Å². The Kier molecular flexibility index (Phi) is 4.44. The lowest BCUT2D eigenvalue weighted by atomic mass is 9.91. The lowest BCUT2D eigenvalue weighted by molar-refractivity contribution is 0.314. The molecule has 0 bridgehead atoms. The molecule has 6 heteroatoms. The van der Waals surface area contributed by atoms with E-state index >= 15 is 0 Å². The first kappa shape index (κ1) is 15.1. The third-order valence-corrected chi connectivity index (χ3v) is 5.66. The maximum atomic E-state index is 5.94. The molecule has 3 nitrogen and oxygen atoms in total. The lowest BCUT2D eigenvalue weighted by Crippen LogP contribution is -2.17. The van der Waals surface area contributed by atoms with Crippen LogP contribution in [0.4, 0.5) is 0 Å². The van der Waals surface area contributed by atoms with Gasteiger partial charge in [0.1, 0.15) is 16.2 Å². The van der Waals surface area contributed by atoms with E-state index in [4.69, 9.17) is 4.43 Å². The molecule has 0 atom stereocenters. The van der Waals surface area contributed by atoms with Crippen LogP contribution < -0.4 is 0 Å². The third-order valence-electron chi connectivity index (χ3n) is 2.87. The van der Waals surface area contributed by atoms with E-state index in [1.807, 2.05) is 17.7 Å². The van der Waals surface area contributed by atoms with Crippen LogP contribution in [0.15, 0.2) is 11.4 Å². The zero-order valence-corrected chi connectivity index (χ0v) is 15.3. The van der Waals surface area contributed by atoms with Gasteiger partial charge < -0.3 is 4.43 Å². The maximum absolute atomic E-state index is 5.94. The summed E-state index contributed by atoms with van der Waals surface area (Å²) < 4.78 is 8.19. The number of thiazole rings is 1. The van der Waals surface area contributed by atoms with Gasteiger partial charge in [-0.3, -0.25) is 4.40 Å². The number of hydrogen-bond acceptors (Lipinski definition) is 4. The fourth-order valence-electron chi connectivity index (χ4n) is 2.13. The second kappa shape index (κ2) is 5.59. The van der Waals surface area contributed by atoms with Crippen molar-refractivity contribution in [1.29, 1.82) is 0 Å². The minimum atomic E-state index is -0.983. The summed E-state index contributed by atoms with van der Waals surface area (Å²) in [7, 11) is -0.983. The van der Waals surface area contributed by atoms with E-state index in [1.165, 1.54) is 15.4 Å². The van der Waals surface area contributed by atoms with Gasteiger partial charge >= 0.3 is 0 Å². The molecule has 0 amide bonds. The predicted octanol–water partition coefficient (Wildman–Crippen LogP) is 3.92. The third kappa shape index (κ3) is 3.07. The largest absolute Gasteiger partial charge is 0.415 e. The van der Waals surface area contributed by atoms with E-state index in [0.29, 0.717) is 0 Å². The number of imidazole rings is 1. The summed E-state index contributed by atoms with van der Waals surface area (Å²) in [5.41, 5.74) is 1.45.